The third kappa shape index (κ3) is 7.93. The zero-order valence-corrected chi connectivity index (χ0v) is 24.9. The summed E-state index contributed by atoms with van der Waals surface area (Å²) in [6.45, 7) is 8.70. The summed E-state index contributed by atoms with van der Waals surface area (Å²) in [5, 5.41) is 28.3. The molecule has 0 spiro atoms. The fourth-order valence-electron chi connectivity index (χ4n) is 5.32. The summed E-state index contributed by atoms with van der Waals surface area (Å²) in [7, 11) is 0. The molecule has 212 valence electrons. The number of amides is 2. The molecule has 39 heavy (non-hydrogen) atoms. The number of nitrogens with zero attached hydrogens (tertiary/aromatic N) is 1. The molecular weight excluding hydrogens is 530 g/mol. The van der Waals surface area contributed by atoms with Crippen molar-refractivity contribution in [1.82, 2.24) is 15.5 Å². The third-order valence-electron chi connectivity index (χ3n) is 7.44. The standard InChI is InChI=1S/C30H41N3O4S2/c1-19-22(11-8-12-25(19)34)28(36)31-23(18-39-21-9-6-5-7-10-21)26(35)17-33-16-20-13-14-38-27(20)15-24(33)29(37)32-30(2,3)4/h5-12,20,23-24,26-27,34-35H,13-18H2,1-4H3,(H,31,36)(H,32,37)/t20-,23?,24+,26?,27?/m1/s1. The molecule has 2 aliphatic rings. The van der Waals surface area contributed by atoms with E-state index in [1.807, 2.05) is 62.9 Å². The maximum Gasteiger partial charge on any atom is 0.252 e. The SMILES string of the molecule is Cc1c(O)cccc1C(=O)NC(CSc1ccccc1)C(O)CN1C[C@H]2CCSC2C[C@H]1C(=O)NC(C)(C)C. The number of benzene rings is 2. The zero-order chi connectivity index (χ0) is 28.2. The molecule has 4 rings (SSSR count). The van der Waals surface area contributed by atoms with Crippen molar-refractivity contribution in [3.63, 3.8) is 0 Å². The molecule has 2 fully saturated rings. The predicted octanol–water partition coefficient (Wildman–Crippen LogP) is 4.06. The highest BCUT2D eigenvalue weighted by atomic mass is 32.2. The zero-order valence-electron chi connectivity index (χ0n) is 23.2. The lowest BCUT2D eigenvalue weighted by Crippen LogP contribution is -2.60. The number of β-amino-alcohol motifs (C(OH)–C–C–N with tert-alkyl or cyclic N) is 1. The molecule has 2 heterocycles. The van der Waals surface area contributed by atoms with Crippen LogP contribution in [0.15, 0.2) is 53.4 Å². The van der Waals surface area contributed by atoms with Crippen molar-refractivity contribution in [3.8, 4) is 5.75 Å². The molecule has 2 saturated heterocycles. The van der Waals surface area contributed by atoms with Gasteiger partial charge in [-0.15, -0.1) is 11.8 Å². The van der Waals surface area contributed by atoms with Crippen LogP contribution in [0.5, 0.6) is 5.75 Å². The fraction of sp³-hybridized carbons (Fsp3) is 0.533. The maximum absolute atomic E-state index is 13.4. The van der Waals surface area contributed by atoms with Gasteiger partial charge in [-0.2, -0.15) is 11.8 Å². The number of carbonyl (C=O) groups is 2. The Hall–Kier alpha value is -2.20. The second kappa shape index (κ2) is 13.0. The second-order valence-electron chi connectivity index (χ2n) is 11.6. The molecule has 7 nitrogen and oxygen atoms in total. The number of phenolic OH excluding ortho intramolecular Hbond substituents is 1. The molecule has 4 N–H and O–H groups in total. The normalized spacial score (nSPS) is 23.1. The quantitative estimate of drug-likeness (QED) is 0.337. The number of nitrogens with one attached hydrogen (secondary N) is 2. The average Bonchev–Trinajstić information content (AvgIpc) is 3.34. The first-order valence-electron chi connectivity index (χ1n) is 13.6. The van der Waals surface area contributed by atoms with Gasteiger partial charge in [-0.1, -0.05) is 24.3 Å². The lowest BCUT2D eigenvalue weighted by atomic mass is 9.89. The number of rotatable bonds is 9. The smallest absolute Gasteiger partial charge is 0.252 e. The first-order chi connectivity index (χ1) is 18.5. The number of hydrogen-bond acceptors (Lipinski definition) is 7. The van der Waals surface area contributed by atoms with Gasteiger partial charge in [-0.3, -0.25) is 14.5 Å². The first-order valence-corrected chi connectivity index (χ1v) is 15.7. The number of aliphatic hydroxyl groups is 1. The number of piperidine rings is 1. The van der Waals surface area contributed by atoms with E-state index in [1.165, 1.54) is 0 Å². The van der Waals surface area contributed by atoms with Gasteiger partial charge in [-0.25, -0.2) is 0 Å². The van der Waals surface area contributed by atoms with E-state index in [0.717, 1.165) is 30.0 Å². The average molecular weight is 572 g/mol. The van der Waals surface area contributed by atoms with Crippen LogP contribution in [-0.4, -0.2) is 80.5 Å². The Morgan fingerprint density at radius 3 is 2.62 bits per heavy atom. The number of aliphatic hydroxyl groups excluding tert-OH is 1. The van der Waals surface area contributed by atoms with E-state index in [0.29, 0.717) is 28.0 Å². The molecule has 9 heteroatoms. The number of likely N-dealkylation sites (tertiary alicyclic amines) is 1. The molecule has 0 aliphatic carbocycles. The van der Waals surface area contributed by atoms with Crippen LogP contribution in [0, 0.1) is 12.8 Å². The summed E-state index contributed by atoms with van der Waals surface area (Å²) >= 11 is 3.53. The van der Waals surface area contributed by atoms with Crippen LogP contribution in [0.3, 0.4) is 0 Å². The van der Waals surface area contributed by atoms with Gasteiger partial charge in [0.15, 0.2) is 0 Å². The van der Waals surface area contributed by atoms with Crippen molar-refractivity contribution in [2.45, 2.75) is 74.4 Å². The minimum Gasteiger partial charge on any atom is -0.508 e. The van der Waals surface area contributed by atoms with Crippen LogP contribution in [0.1, 0.15) is 49.5 Å². The molecule has 0 aromatic heterocycles. The Labute approximate surface area is 240 Å². The van der Waals surface area contributed by atoms with Gasteiger partial charge in [-0.05, 0) is 76.5 Å². The minimum atomic E-state index is -0.890. The van der Waals surface area contributed by atoms with Gasteiger partial charge in [0.25, 0.3) is 5.91 Å². The van der Waals surface area contributed by atoms with Gasteiger partial charge in [0.1, 0.15) is 5.75 Å². The van der Waals surface area contributed by atoms with Crippen molar-refractivity contribution in [1.29, 1.82) is 0 Å². The lowest BCUT2D eigenvalue weighted by Gasteiger charge is -2.43. The van der Waals surface area contributed by atoms with Crippen molar-refractivity contribution >= 4 is 35.3 Å². The van der Waals surface area contributed by atoms with Crippen molar-refractivity contribution < 1.29 is 19.8 Å². The van der Waals surface area contributed by atoms with E-state index in [1.54, 1.807) is 36.9 Å². The molecule has 0 saturated carbocycles. The summed E-state index contributed by atoms with van der Waals surface area (Å²) in [6.07, 6.45) is 0.997. The summed E-state index contributed by atoms with van der Waals surface area (Å²) in [5.41, 5.74) is 0.532. The highest BCUT2D eigenvalue weighted by molar-refractivity contribution is 8.00. The number of aromatic hydroxyl groups is 1. The number of thioether (sulfide) groups is 2. The predicted molar refractivity (Wildman–Crippen MR) is 159 cm³/mol. The monoisotopic (exact) mass is 571 g/mol. The number of phenols is 1. The molecule has 0 bridgehead atoms. The molecule has 2 amide bonds. The van der Waals surface area contributed by atoms with E-state index in [4.69, 9.17) is 0 Å². The lowest BCUT2D eigenvalue weighted by molar-refractivity contribution is -0.130. The molecule has 5 atom stereocenters. The van der Waals surface area contributed by atoms with Gasteiger partial charge in [0.05, 0.1) is 18.2 Å². The Bertz CT molecular complexity index is 1140. The van der Waals surface area contributed by atoms with E-state index in [-0.39, 0.29) is 35.7 Å². The second-order valence-corrected chi connectivity index (χ2v) is 14.1. The largest absolute Gasteiger partial charge is 0.508 e. The summed E-state index contributed by atoms with van der Waals surface area (Å²) in [6, 6.07) is 13.9. The Balaban J connectivity index is 1.53. The molecule has 2 aromatic rings. The Kier molecular flexibility index (Phi) is 9.91. The van der Waals surface area contributed by atoms with E-state index < -0.39 is 12.1 Å². The van der Waals surface area contributed by atoms with Crippen molar-refractivity contribution in [2.24, 2.45) is 5.92 Å². The van der Waals surface area contributed by atoms with E-state index >= 15 is 0 Å². The Morgan fingerprint density at radius 1 is 1.15 bits per heavy atom. The summed E-state index contributed by atoms with van der Waals surface area (Å²) in [5.74, 6) is 1.79. The number of carbonyl (C=O) groups excluding carboxylic acids is 2. The van der Waals surface area contributed by atoms with E-state index in [9.17, 15) is 19.8 Å². The van der Waals surface area contributed by atoms with Gasteiger partial charge in [0, 0.05) is 45.7 Å². The fourth-order valence-corrected chi connectivity index (χ4v) is 7.90. The van der Waals surface area contributed by atoms with Crippen LogP contribution in [0.25, 0.3) is 0 Å². The minimum absolute atomic E-state index is 0.00437. The number of fused-ring (bicyclic) bond motifs is 1. The maximum atomic E-state index is 13.4. The van der Waals surface area contributed by atoms with Crippen molar-refractivity contribution in [2.75, 3.05) is 24.6 Å². The van der Waals surface area contributed by atoms with Crippen molar-refractivity contribution in [3.05, 3.63) is 59.7 Å². The summed E-state index contributed by atoms with van der Waals surface area (Å²) < 4.78 is 0. The van der Waals surface area contributed by atoms with Crippen LogP contribution in [-0.2, 0) is 4.79 Å². The summed E-state index contributed by atoms with van der Waals surface area (Å²) in [4.78, 5) is 29.8. The number of hydrogen-bond donors (Lipinski definition) is 4. The highest BCUT2D eigenvalue weighted by Crippen LogP contribution is 2.40. The van der Waals surface area contributed by atoms with Crippen LogP contribution >= 0.6 is 23.5 Å². The van der Waals surface area contributed by atoms with Crippen LogP contribution in [0.2, 0.25) is 0 Å². The van der Waals surface area contributed by atoms with Gasteiger partial charge < -0.3 is 20.8 Å². The van der Waals surface area contributed by atoms with Gasteiger partial charge in [0.2, 0.25) is 5.91 Å². The van der Waals surface area contributed by atoms with Crippen LogP contribution < -0.4 is 10.6 Å². The molecule has 2 aliphatic heterocycles. The Morgan fingerprint density at radius 2 is 1.90 bits per heavy atom. The highest BCUT2D eigenvalue weighted by Gasteiger charge is 2.43. The van der Waals surface area contributed by atoms with Crippen LogP contribution in [0.4, 0.5) is 0 Å². The van der Waals surface area contributed by atoms with Gasteiger partial charge >= 0.3 is 0 Å². The molecule has 0 radical (unpaired) electrons. The third-order valence-corrected chi connectivity index (χ3v) is 10.0. The molecular formula is C30H41N3O4S2. The molecule has 3 unspecified atom stereocenters. The first kappa shape index (κ1) is 29.8. The van der Waals surface area contributed by atoms with E-state index in [2.05, 4.69) is 15.5 Å². The molecule has 2 aromatic carbocycles. The topological polar surface area (TPSA) is 102 Å².